The van der Waals surface area contributed by atoms with Gasteiger partial charge in [-0.15, -0.1) is 11.3 Å². The van der Waals surface area contributed by atoms with Crippen LogP contribution >= 0.6 is 11.3 Å². The highest BCUT2D eigenvalue weighted by Gasteiger charge is 2.25. The average Bonchev–Trinajstić information content (AvgIpc) is 3.09. The number of hydrogen-bond acceptors (Lipinski definition) is 4. The Labute approximate surface area is 153 Å². The van der Waals surface area contributed by atoms with E-state index in [1.165, 1.54) is 15.3 Å². The molecule has 1 aliphatic heterocycles. The number of carboxylic acid groups (broad SMARTS) is 1. The fourth-order valence-electron chi connectivity index (χ4n) is 3.56. The second-order valence-electron chi connectivity index (χ2n) is 6.60. The van der Waals surface area contributed by atoms with E-state index in [0.29, 0.717) is 6.04 Å². The van der Waals surface area contributed by atoms with Crippen molar-refractivity contribution >= 4 is 17.3 Å². The van der Waals surface area contributed by atoms with E-state index in [9.17, 15) is 4.79 Å². The Kier molecular flexibility index (Phi) is 6.24. The molecule has 134 valence electrons. The number of rotatable bonds is 7. The van der Waals surface area contributed by atoms with Crippen molar-refractivity contribution in [1.82, 2.24) is 9.80 Å². The predicted octanol–water partition coefficient (Wildman–Crippen LogP) is 3.79. The van der Waals surface area contributed by atoms with Gasteiger partial charge in [0.1, 0.15) is 0 Å². The van der Waals surface area contributed by atoms with Crippen LogP contribution in [0.15, 0.2) is 42.5 Å². The molecule has 25 heavy (non-hydrogen) atoms. The van der Waals surface area contributed by atoms with Crippen molar-refractivity contribution in [3.8, 4) is 10.4 Å². The quantitative estimate of drug-likeness (QED) is 0.818. The second-order valence-corrected chi connectivity index (χ2v) is 7.76. The van der Waals surface area contributed by atoms with E-state index in [2.05, 4.69) is 46.2 Å². The molecule has 0 aliphatic carbocycles. The first-order valence-electron chi connectivity index (χ1n) is 8.98. The van der Waals surface area contributed by atoms with Crippen molar-refractivity contribution in [1.29, 1.82) is 0 Å². The molecule has 0 saturated carbocycles. The molecule has 1 aliphatic rings. The van der Waals surface area contributed by atoms with Crippen LogP contribution in [0.4, 0.5) is 0 Å². The summed E-state index contributed by atoms with van der Waals surface area (Å²) in [6.07, 6.45) is 2.11. The Morgan fingerprint density at radius 2 is 1.92 bits per heavy atom. The van der Waals surface area contributed by atoms with E-state index in [4.69, 9.17) is 5.11 Å². The molecule has 1 aromatic carbocycles. The third kappa shape index (κ3) is 4.91. The molecule has 0 bridgehead atoms. The summed E-state index contributed by atoms with van der Waals surface area (Å²) in [4.78, 5) is 18.3. The molecule has 1 fully saturated rings. The van der Waals surface area contributed by atoms with E-state index >= 15 is 0 Å². The van der Waals surface area contributed by atoms with Gasteiger partial charge >= 0.3 is 5.97 Å². The van der Waals surface area contributed by atoms with Gasteiger partial charge in [-0.25, -0.2) is 0 Å². The van der Waals surface area contributed by atoms with Gasteiger partial charge in [-0.1, -0.05) is 37.3 Å². The van der Waals surface area contributed by atoms with E-state index in [1.807, 2.05) is 24.3 Å². The number of benzene rings is 1. The summed E-state index contributed by atoms with van der Waals surface area (Å²) in [6, 6.07) is 15.4. The molecule has 0 spiro atoms. The van der Waals surface area contributed by atoms with Crippen molar-refractivity contribution in [3.63, 3.8) is 0 Å². The summed E-state index contributed by atoms with van der Waals surface area (Å²) in [5.41, 5.74) is 1.28. The monoisotopic (exact) mass is 358 g/mol. The lowest BCUT2D eigenvalue weighted by Gasteiger charge is -2.37. The van der Waals surface area contributed by atoms with Crippen LogP contribution in [0.25, 0.3) is 10.4 Å². The van der Waals surface area contributed by atoms with E-state index < -0.39 is 5.97 Å². The van der Waals surface area contributed by atoms with Crippen LogP contribution in [0.5, 0.6) is 0 Å². The van der Waals surface area contributed by atoms with Gasteiger partial charge in [-0.2, -0.15) is 0 Å². The topological polar surface area (TPSA) is 43.8 Å². The van der Waals surface area contributed by atoms with Gasteiger partial charge in [0.05, 0.1) is 6.54 Å². The standard InChI is InChI=1S/C20H26N2O2S/c1-2-22(15-20(23)24)17-10-12-21(13-11-17)14-18-8-9-19(25-18)16-6-4-3-5-7-16/h3-9,17H,2,10-15H2,1H3,(H,23,24). The second kappa shape index (κ2) is 8.61. The van der Waals surface area contributed by atoms with Gasteiger partial charge in [-0.3, -0.25) is 14.6 Å². The van der Waals surface area contributed by atoms with Gasteiger partial charge in [-0.05, 0) is 37.1 Å². The number of hydrogen-bond donors (Lipinski definition) is 1. The molecular weight excluding hydrogens is 332 g/mol. The number of nitrogens with zero attached hydrogens (tertiary/aromatic N) is 2. The number of likely N-dealkylation sites (N-methyl/N-ethyl adjacent to an activating group) is 1. The van der Waals surface area contributed by atoms with Crippen LogP contribution in [-0.2, 0) is 11.3 Å². The average molecular weight is 359 g/mol. The Hall–Kier alpha value is -1.69. The first kappa shape index (κ1) is 18.1. The highest BCUT2D eigenvalue weighted by molar-refractivity contribution is 7.15. The molecule has 0 amide bonds. The third-order valence-corrected chi connectivity index (χ3v) is 6.04. The summed E-state index contributed by atoms with van der Waals surface area (Å²) < 4.78 is 0. The molecule has 5 heteroatoms. The number of piperidine rings is 1. The maximum atomic E-state index is 11.0. The molecule has 0 unspecified atom stereocenters. The minimum atomic E-state index is -0.726. The zero-order valence-electron chi connectivity index (χ0n) is 14.7. The van der Waals surface area contributed by atoms with Gasteiger partial charge in [0, 0.05) is 35.4 Å². The number of likely N-dealkylation sites (tertiary alicyclic amines) is 1. The number of carboxylic acids is 1. The number of aliphatic carboxylic acids is 1. The lowest BCUT2D eigenvalue weighted by atomic mass is 10.0. The van der Waals surface area contributed by atoms with Gasteiger partial charge in [0.25, 0.3) is 0 Å². The maximum Gasteiger partial charge on any atom is 0.317 e. The third-order valence-electron chi connectivity index (χ3n) is 4.92. The van der Waals surface area contributed by atoms with Crippen LogP contribution in [-0.4, -0.2) is 53.1 Å². The molecule has 0 atom stereocenters. The predicted molar refractivity (Wildman–Crippen MR) is 103 cm³/mol. The maximum absolute atomic E-state index is 11.0. The Morgan fingerprint density at radius 3 is 2.56 bits per heavy atom. The van der Waals surface area contributed by atoms with Crippen LogP contribution in [0, 0.1) is 0 Å². The Balaban J connectivity index is 1.52. The normalized spacial score (nSPS) is 16.4. The summed E-state index contributed by atoms with van der Waals surface area (Å²) in [5, 5.41) is 9.04. The summed E-state index contributed by atoms with van der Waals surface area (Å²) in [5.74, 6) is -0.726. The van der Waals surface area contributed by atoms with Crippen molar-refractivity contribution in [3.05, 3.63) is 47.3 Å². The van der Waals surface area contributed by atoms with Gasteiger partial charge < -0.3 is 5.11 Å². The van der Waals surface area contributed by atoms with Gasteiger partial charge in [0.15, 0.2) is 0 Å². The minimum absolute atomic E-state index is 0.159. The van der Waals surface area contributed by atoms with Crippen LogP contribution < -0.4 is 0 Å². The van der Waals surface area contributed by atoms with Gasteiger partial charge in [0.2, 0.25) is 0 Å². The van der Waals surface area contributed by atoms with Crippen molar-refractivity contribution < 1.29 is 9.90 Å². The smallest absolute Gasteiger partial charge is 0.317 e. The molecule has 4 nitrogen and oxygen atoms in total. The zero-order chi connectivity index (χ0) is 17.6. The van der Waals surface area contributed by atoms with E-state index in [0.717, 1.165) is 39.0 Å². The first-order chi connectivity index (χ1) is 12.2. The Bertz CT molecular complexity index is 678. The molecular formula is C20H26N2O2S. The molecule has 1 aromatic heterocycles. The van der Waals surface area contributed by atoms with E-state index in [1.54, 1.807) is 0 Å². The molecule has 3 rings (SSSR count). The van der Waals surface area contributed by atoms with Crippen molar-refractivity contribution in [2.24, 2.45) is 0 Å². The lowest BCUT2D eigenvalue weighted by Crippen LogP contribution is -2.46. The van der Waals surface area contributed by atoms with Crippen LogP contribution in [0.3, 0.4) is 0 Å². The molecule has 2 heterocycles. The van der Waals surface area contributed by atoms with Crippen LogP contribution in [0.1, 0.15) is 24.6 Å². The first-order valence-corrected chi connectivity index (χ1v) is 9.79. The largest absolute Gasteiger partial charge is 0.480 e. The fourth-order valence-corrected chi connectivity index (χ4v) is 4.61. The SMILES string of the molecule is CCN(CC(=O)O)C1CCN(Cc2ccc(-c3ccccc3)s2)CC1. The minimum Gasteiger partial charge on any atom is -0.480 e. The Morgan fingerprint density at radius 1 is 1.20 bits per heavy atom. The highest BCUT2D eigenvalue weighted by Crippen LogP contribution is 2.29. The molecule has 1 N–H and O–H groups in total. The molecule has 1 saturated heterocycles. The highest BCUT2D eigenvalue weighted by atomic mass is 32.1. The number of thiophene rings is 1. The fraction of sp³-hybridized carbons (Fsp3) is 0.450. The van der Waals surface area contributed by atoms with Crippen LogP contribution in [0.2, 0.25) is 0 Å². The zero-order valence-corrected chi connectivity index (χ0v) is 15.5. The molecule has 2 aromatic rings. The number of carbonyl (C=O) groups is 1. The molecule has 0 radical (unpaired) electrons. The van der Waals surface area contributed by atoms with Crippen molar-refractivity contribution in [2.45, 2.75) is 32.4 Å². The van der Waals surface area contributed by atoms with E-state index in [-0.39, 0.29) is 6.54 Å². The summed E-state index contributed by atoms with van der Waals surface area (Å²) in [6.45, 7) is 6.09. The summed E-state index contributed by atoms with van der Waals surface area (Å²) >= 11 is 1.87. The van der Waals surface area contributed by atoms with Crippen molar-refractivity contribution in [2.75, 3.05) is 26.2 Å². The summed E-state index contributed by atoms with van der Waals surface area (Å²) in [7, 11) is 0. The lowest BCUT2D eigenvalue weighted by molar-refractivity contribution is -0.139.